The van der Waals surface area contributed by atoms with E-state index in [1.165, 1.54) is 30.6 Å². The molecule has 1 aromatic heterocycles. The molecule has 0 radical (unpaired) electrons. The van der Waals surface area contributed by atoms with Crippen LogP contribution in [0, 0.1) is 0 Å². The van der Waals surface area contributed by atoms with Crippen LogP contribution in [0.3, 0.4) is 0 Å². The van der Waals surface area contributed by atoms with E-state index in [1.54, 1.807) is 23.1 Å². The Bertz CT molecular complexity index is 994. The summed E-state index contributed by atoms with van der Waals surface area (Å²) in [6.45, 7) is 0. The molecule has 1 aliphatic carbocycles. The van der Waals surface area contributed by atoms with Gasteiger partial charge in [-0.1, -0.05) is 31.7 Å². The zero-order valence-corrected chi connectivity index (χ0v) is 18.8. The van der Waals surface area contributed by atoms with E-state index in [-0.39, 0.29) is 24.3 Å². The Balaban J connectivity index is 1.63. The van der Waals surface area contributed by atoms with Crippen LogP contribution in [0.25, 0.3) is 0 Å². The van der Waals surface area contributed by atoms with Crippen LogP contribution < -0.4 is 4.90 Å². The van der Waals surface area contributed by atoms with Gasteiger partial charge < -0.3 is 9.64 Å². The minimum atomic E-state index is -0.819. The highest BCUT2D eigenvalue weighted by molar-refractivity contribution is 7.12. The molecule has 2 heterocycles. The summed E-state index contributed by atoms with van der Waals surface area (Å²) >= 11 is 1.35. The molecular formula is C24H26N2O5S. The second-order valence-electron chi connectivity index (χ2n) is 8.16. The molecule has 0 bridgehead atoms. The van der Waals surface area contributed by atoms with Gasteiger partial charge in [-0.3, -0.25) is 14.4 Å². The largest absolute Gasteiger partial charge is 0.465 e. The van der Waals surface area contributed by atoms with Crippen LogP contribution in [-0.2, 0) is 14.3 Å². The van der Waals surface area contributed by atoms with Crippen molar-refractivity contribution in [2.75, 3.05) is 12.0 Å². The van der Waals surface area contributed by atoms with Crippen molar-refractivity contribution in [1.29, 1.82) is 0 Å². The average molecular weight is 455 g/mol. The van der Waals surface area contributed by atoms with Crippen molar-refractivity contribution in [3.63, 3.8) is 0 Å². The fraction of sp³-hybridized carbons (Fsp3) is 0.417. The molecule has 1 unspecified atom stereocenters. The van der Waals surface area contributed by atoms with E-state index in [0.717, 1.165) is 43.4 Å². The fourth-order valence-corrected chi connectivity index (χ4v) is 5.26. The summed E-state index contributed by atoms with van der Waals surface area (Å²) in [6.07, 6.45) is 5.89. The van der Waals surface area contributed by atoms with Gasteiger partial charge in [0.05, 0.1) is 29.7 Å². The van der Waals surface area contributed by atoms with Gasteiger partial charge in [0.15, 0.2) is 0 Å². The molecule has 2 aromatic rings. The van der Waals surface area contributed by atoms with Crippen LogP contribution in [0.15, 0.2) is 41.8 Å². The van der Waals surface area contributed by atoms with Crippen LogP contribution in [-0.4, -0.2) is 47.8 Å². The number of anilines is 1. The standard InChI is InChI=1S/C24H26N2O5S/c1-31-24(30)16-10-12-18(13-11-16)26-21(27)15-19(22(26)28)25(17-7-4-2-3-5-8-17)23(29)20-9-6-14-32-20/h6,9-14,17,19H,2-5,7-8,15H2,1H3. The number of esters is 1. The first-order valence-electron chi connectivity index (χ1n) is 10.9. The molecule has 168 valence electrons. The normalized spacial score (nSPS) is 19.7. The maximum absolute atomic E-state index is 13.5. The molecule has 0 N–H and O–H groups in total. The van der Waals surface area contributed by atoms with Gasteiger partial charge in [0, 0.05) is 6.04 Å². The highest BCUT2D eigenvalue weighted by atomic mass is 32.1. The number of imide groups is 1. The monoisotopic (exact) mass is 454 g/mol. The van der Waals surface area contributed by atoms with E-state index in [0.29, 0.717) is 16.1 Å². The number of methoxy groups -OCH3 is 1. The molecular weight excluding hydrogens is 428 g/mol. The second-order valence-corrected chi connectivity index (χ2v) is 9.11. The zero-order valence-electron chi connectivity index (χ0n) is 18.0. The summed E-state index contributed by atoms with van der Waals surface area (Å²) in [5.74, 6) is -1.41. The van der Waals surface area contributed by atoms with Crippen molar-refractivity contribution >= 4 is 40.7 Å². The van der Waals surface area contributed by atoms with Crippen LogP contribution in [0.1, 0.15) is 65.0 Å². The lowest BCUT2D eigenvalue weighted by molar-refractivity contribution is -0.123. The molecule has 32 heavy (non-hydrogen) atoms. The Labute approximate surface area is 191 Å². The van der Waals surface area contributed by atoms with Crippen molar-refractivity contribution in [3.8, 4) is 0 Å². The summed E-state index contributed by atoms with van der Waals surface area (Å²) in [4.78, 5) is 54.9. The van der Waals surface area contributed by atoms with Crippen LogP contribution in [0.4, 0.5) is 5.69 Å². The van der Waals surface area contributed by atoms with Gasteiger partial charge in [0.25, 0.3) is 11.8 Å². The Morgan fingerprint density at radius 1 is 1.03 bits per heavy atom. The number of carbonyl (C=O) groups is 4. The lowest BCUT2D eigenvalue weighted by Crippen LogP contribution is -2.50. The predicted molar refractivity (Wildman–Crippen MR) is 121 cm³/mol. The molecule has 3 amide bonds. The number of hydrogen-bond donors (Lipinski definition) is 0. The summed E-state index contributed by atoms with van der Waals surface area (Å²) in [5, 5.41) is 1.84. The first-order valence-corrected chi connectivity index (χ1v) is 11.8. The molecule has 1 saturated carbocycles. The number of thiophene rings is 1. The minimum absolute atomic E-state index is 0.0365. The SMILES string of the molecule is COC(=O)c1ccc(N2C(=O)CC(N(C(=O)c3cccs3)C3CCCCCC3)C2=O)cc1. The Morgan fingerprint density at radius 2 is 1.72 bits per heavy atom. The fourth-order valence-electron chi connectivity index (χ4n) is 4.59. The maximum Gasteiger partial charge on any atom is 0.337 e. The number of ether oxygens (including phenoxy) is 1. The van der Waals surface area contributed by atoms with Crippen LogP contribution >= 0.6 is 11.3 Å². The van der Waals surface area contributed by atoms with E-state index in [2.05, 4.69) is 0 Å². The lowest BCUT2D eigenvalue weighted by atomic mass is 10.0. The molecule has 4 rings (SSSR count). The topological polar surface area (TPSA) is 84.0 Å². The maximum atomic E-state index is 13.5. The van der Waals surface area contributed by atoms with Gasteiger partial charge >= 0.3 is 5.97 Å². The number of benzene rings is 1. The van der Waals surface area contributed by atoms with Gasteiger partial charge in [-0.15, -0.1) is 11.3 Å². The van der Waals surface area contributed by atoms with Crippen LogP contribution in [0.2, 0.25) is 0 Å². The Hall–Kier alpha value is -3.00. The number of carbonyl (C=O) groups excluding carboxylic acids is 4. The Morgan fingerprint density at radius 3 is 2.31 bits per heavy atom. The summed E-state index contributed by atoms with van der Waals surface area (Å²) in [6, 6.07) is 8.87. The summed E-state index contributed by atoms with van der Waals surface area (Å²) in [5.41, 5.74) is 0.722. The average Bonchev–Trinajstić information content (AvgIpc) is 3.34. The van der Waals surface area contributed by atoms with Crippen molar-refractivity contribution in [2.24, 2.45) is 0 Å². The first kappa shape index (κ1) is 22.2. The molecule has 1 atom stereocenters. The van der Waals surface area contributed by atoms with E-state index in [4.69, 9.17) is 4.74 Å². The van der Waals surface area contributed by atoms with Crippen molar-refractivity contribution in [2.45, 2.75) is 57.0 Å². The van der Waals surface area contributed by atoms with Crippen molar-refractivity contribution < 1.29 is 23.9 Å². The van der Waals surface area contributed by atoms with E-state index in [1.807, 2.05) is 11.4 Å². The third-order valence-corrected chi connectivity index (χ3v) is 7.05. The molecule has 1 aromatic carbocycles. The molecule has 0 spiro atoms. The smallest absolute Gasteiger partial charge is 0.337 e. The Kier molecular flexibility index (Phi) is 6.69. The van der Waals surface area contributed by atoms with Crippen molar-refractivity contribution in [3.05, 3.63) is 52.2 Å². The first-order chi connectivity index (χ1) is 15.5. The zero-order chi connectivity index (χ0) is 22.7. The van der Waals surface area contributed by atoms with E-state index < -0.39 is 17.9 Å². The van der Waals surface area contributed by atoms with Gasteiger partial charge in [0.1, 0.15) is 6.04 Å². The summed E-state index contributed by atoms with van der Waals surface area (Å²) in [7, 11) is 1.29. The van der Waals surface area contributed by atoms with Crippen molar-refractivity contribution in [1.82, 2.24) is 4.90 Å². The molecule has 1 saturated heterocycles. The second kappa shape index (κ2) is 9.65. The predicted octanol–water partition coefficient (Wildman–Crippen LogP) is 4.03. The van der Waals surface area contributed by atoms with Gasteiger partial charge in [-0.2, -0.15) is 0 Å². The highest BCUT2D eigenvalue weighted by Crippen LogP contribution is 2.32. The minimum Gasteiger partial charge on any atom is -0.465 e. The number of nitrogens with zero attached hydrogens (tertiary/aromatic N) is 2. The third-order valence-electron chi connectivity index (χ3n) is 6.19. The summed E-state index contributed by atoms with van der Waals surface area (Å²) < 4.78 is 4.70. The lowest BCUT2D eigenvalue weighted by Gasteiger charge is -2.34. The number of hydrogen-bond acceptors (Lipinski definition) is 6. The van der Waals surface area contributed by atoms with Gasteiger partial charge in [0.2, 0.25) is 5.91 Å². The molecule has 7 nitrogen and oxygen atoms in total. The highest BCUT2D eigenvalue weighted by Gasteiger charge is 2.46. The van der Waals surface area contributed by atoms with Gasteiger partial charge in [-0.05, 0) is 48.6 Å². The third kappa shape index (κ3) is 4.32. The van der Waals surface area contributed by atoms with E-state index >= 15 is 0 Å². The molecule has 8 heteroatoms. The quantitative estimate of drug-likeness (QED) is 0.387. The van der Waals surface area contributed by atoms with Gasteiger partial charge in [-0.25, -0.2) is 9.69 Å². The number of rotatable bonds is 5. The molecule has 1 aliphatic heterocycles. The number of amides is 3. The molecule has 2 fully saturated rings. The van der Waals surface area contributed by atoms with Crippen LogP contribution in [0.5, 0.6) is 0 Å². The van der Waals surface area contributed by atoms with E-state index in [9.17, 15) is 19.2 Å². The molecule has 2 aliphatic rings.